The van der Waals surface area contributed by atoms with E-state index >= 15 is 0 Å². The zero-order chi connectivity index (χ0) is 13.5. The smallest absolute Gasteiger partial charge is 0.122 e. The Morgan fingerprint density at radius 1 is 1.00 bits per heavy atom. The zero-order valence-electron chi connectivity index (χ0n) is 11.1. The number of aliphatic hydroxyl groups is 1. The molecule has 3 rings (SSSR count). The first kappa shape index (κ1) is 12.4. The van der Waals surface area contributed by atoms with Gasteiger partial charge in [0.2, 0.25) is 0 Å². The highest BCUT2D eigenvalue weighted by atomic mass is 32.1. The summed E-state index contributed by atoms with van der Waals surface area (Å²) in [7, 11) is 0. The van der Waals surface area contributed by atoms with Crippen LogP contribution in [0.1, 0.15) is 22.9 Å². The predicted octanol–water partition coefficient (Wildman–Crippen LogP) is 4.47. The van der Waals surface area contributed by atoms with E-state index in [2.05, 4.69) is 24.3 Å². The molecule has 0 saturated heterocycles. The molecular weight excluding hydrogens is 252 g/mol. The Bertz CT molecular complexity index is 719. The summed E-state index contributed by atoms with van der Waals surface area (Å²) in [4.78, 5) is 1.02. The minimum atomic E-state index is -0.945. The third-order valence-corrected chi connectivity index (χ3v) is 4.85. The van der Waals surface area contributed by atoms with Crippen molar-refractivity contribution < 1.29 is 5.11 Å². The van der Waals surface area contributed by atoms with E-state index in [1.54, 1.807) is 11.3 Å². The number of thiophene rings is 1. The van der Waals surface area contributed by atoms with Crippen LogP contribution in [0.4, 0.5) is 0 Å². The predicted molar refractivity (Wildman–Crippen MR) is 81.7 cm³/mol. The fraction of sp³-hybridized carbons (Fsp3) is 0.176. The van der Waals surface area contributed by atoms with Crippen molar-refractivity contribution in [3.63, 3.8) is 0 Å². The van der Waals surface area contributed by atoms with Gasteiger partial charge in [-0.2, -0.15) is 0 Å². The molecule has 1 heterocycles. The van der Waals surface area contributed by atoms with E-state index in [1.165, 1.54) is 0 Å². The molecular formula is C17H16OS. The van der Waals surface area contributed by atoms with Crippen molar-refractivity contribution >= 4 is 22.1 Å². The van der Waals surface area contributed by atoms with Gasteiger partial charge in [-0.15, -0.1) is 11.3 Å². The summed E-state index contributed by atoms with van der Waals surface area (Å²) in [5.41, 5.74) is 1.16. The minimum Gasteiger partial charge on any atom is -0.380 e. The Balaban J connectivity index is 2.27. The third kappa shape index (κ3) is 1.97. The third-order valence-electron chi connectivity index (χ3n) is 3.62. The van der Waals surface area contributed by atoms with Gasteiger partial charge in [-0.05, 0) is 47.2 Å². The van der Waals surface area contributed by atoms with Crippen molar-refractivity contribution in [2.24, 2.45) is 0 Å². The average molecular weight is 268 g/mol. The number of hydrogen-bond acceptors (Lipinski definition) is 2. The molecule has 1 atom stereocenters. The molecule has 0 aliphatic heterocycles. The van der Waals surface area contributed by atoms with Crippen molar-refractivity contribution in [1.29, 1.82) is 0 Å². The Hall–Kier alpha value is -1.64. The molecule has 0 saturated carbocycles. The number of aryl methyl sites for hydroxylation is 1. The lowest BCUT2D eigenvalue weighted by molar-refractivity contribution is 0.107. The lowest BCUT2D eigenvalue weighted by Crippen LogP contribution is -2.22. The molecule has 3 aromatic rings. The maximum absolute atomic E-state index is 11.0. The highest BCUT2D eigenvalue weighted by Crippen LogP contribution is 2.38. The Morgan fingerprint density at radius 2 is 1.74 bits per heavy atom. The molecule has 1 N–H and O–H groups in total. The van der Waals surface area contributed by atoms with Gasteiger partial charge >= 0.3 is 0 Å². The van der Waals surface area contributed by atoms with Crippen LogP contribution in [0.15, 0.2) is 53.9 Å². The summed E-state index contributed by atoms with van der Waals surface area (Å²) in [6, 6.07) is 16.4. The second-order valence-corrected chi connectivity index (χ2v) is 5.95. The summed E-state index contributed by atoms with van der Waals surface area (Å²) >= 11 is 1.61. The largest absolute Gasteiger partial charge is 0.380 e. The van der Waals surface area contributed by atoms with Crippen LogP contribution in [0.2, 0.25) is 0 Å². The highest BCUT2D eigenvalue weighted by Gasteiger charge is 2.29. The maximum atomic E-state index is 11.0. The summed E-state index contributed by atoms with van der Waals surface area (Å²) in [5.74, 6) is 0. The molecule has 0 amide bonds. The van der Waals surface area contributed by atoms with Gasteiger partial charge in [0.1, 0.15) is 5.60 Å². The minimum absolute atomic E-state index is 0.945. The molecule has 0 aliphatic carbocycles. The second-order valence-electron chi connectivity index (χ2n) is 5.03. The van der Waals surface area contributed by atoms with Crippen LogP contribution in [0.25, 0.3) is 10.8 Å². The lowest BCUT2D eigenvalue weighted by atomic mass is 9.88. The molecule has 0 fully saturated rings. The van der Waals surface area contributed by atoms with Crippen LogP contribution in [-0.4, -0.2) is 5.11 Å². The van der Waals surface area contributed by atoms with Gasteiger partial charge in [0.15, 0.2) is 0 Å². The average Bonchev–Trinajstić information content (AvgIpc) is 2.85. The molecule has 1 unspecified atom stereocenters. The van der Waals surface area contributed by atoms with E-state index in [0.29, 0.717) is 0 Å². The summed E-state index contributed by atoms with van der Waals surface area (Å²) in [6.07, 6.45) is 0. The number of rotatable bonds is 2. The molecule has 0 spiro atoms. The van der Waals surface area contributed by atoms with E-state index in [0.717, 1.165) is 26.8 Å². The van der Waals surface area contributed by atoms with E-state index in [9.17, 15) is 5.11 Å². The van der Waals surface area contributed by atoms with Gasteiger partial charge in [0.25, 0.3) is 0 Å². The topological polar surface area (TPSA) is 20.2 Å². The first-order chi connectivity index (χ1) is 9.10. The highest BCUT2D eigenvalue weighted by molar-refractivity contribution is 7.10. The molecule has 2 aromatic carbocycles. The number of benzene rings is 2. The van der Waals surface area contributed by atoms with E-state index in [-0.39, 0.29) is 0 Å². The summed E-state index contributed by atoms with van der Waals surface area (Å²) in [6.45, 7) is 3.93. The quantitative estimate of drug-likeness (QED) is 0.727. The number of hydrogen-bond donors (Lipinski definition) is 1. The Labute approximate surface area is 117 Å². The van der Waals surface area contributed by atoms with Gasteiger partial charge < -0.3 is 5.11 Å². The first-order valence-electron chi connectivity index (χ1n) is 6.36. The van der Waals surface area contributed by atoms with Crippen LogP contribution in [0.5, 0.6) is 0 Å². The van der Waals surface area contributed by atoms with Crippen LogP contribution in [-0.2, 0) is 5.60 Å². The van der Waals surface area contributed by atoms with Gasteiger partial charge in [0.05, 0.1) is 0 Å². The van der Waals surface area contributed by atoms with Crippen molar-refractivity contribution in [2.75, 3.05) is 0 Å². The summed E-state index contributed by atoms with van der Waals surface area (Å²) < 4.78 is 0. The van der Waals surface area contributed by atoms with Gasteiger partial charge in [-0.25, -0.2) is 0 Å². The normalized spacial score (nSPS) is 14.5. The SMILES string of the molecule is Cc1ccsc1C(C)(O)c1cccc2ccccc12. The van der Waals surface area contributed by atoms with Crippen molar-refractivity contribution in [2.45, 2.75) is 19.4 Å². The van der Waals surface area contributed by atoms with Crippen molar-refractivity contribution in [3.05, 3.63) is 69.9 Å². The Kier molecular flexibility index (Phi) is 2.92. The van der Waals surface area contributed by atoms with Crippen molar-refractivity contribution in [3.8, 4) is 0 Å². The molecule has 19 heavy (non-hydrogen) atoms. The van der Waals surface area contributed by atoms with E-state index in [4.69, 9.17) is 0 Å². The van der Waals surface area contributed by atoms with Gasteiger partial charge in [-0.3, -0.25) is 0 Å². The fourth-order valence-electron chi connectivity index (χ4n) is 2.64. The molecule has 0 bridgehead atoms. The van der Waals surface area contributed by atoms with E-state index < -0.39 is 5.60 Å². The van der Waals surface area contributed by atoms with Gasteiger partial charge in [-0.1, -0.05) is 42.5 Å². The van der Waals surface area contributed by atoms with E-state index in [1.807, 2.05) is 43.5 Å². The van der Waals surface area contributed by atoms with Gasteiger partial charge in [0, 0.05) is 4.88 Å². The molecule has 1 nitrogen and oxygen atoms in total. The maximum Gasteiger partial charge on any atom is 0.122 e. The van der Waals surface area contributed by atoms with Crippen molar-refractivity contribution in [1.82, 2.24) is 0 Å². The second kappa shape index (κ2) is 4.48. The molecule has 0 radical (unpaired) electrons. The summed E-state index contributed by atoms with van der Waals surface area (Å²) in [5, 5.41) is 15.3. The van der Waals surface area contributed by atoms with Crippen LogP contribution >= 0.6 is 11.3 Å². The monoisotopic (exact) mass is 268 g/mol. The molecule has 2 heteroatoms. The van der Waals surface area contributed by atoms with Crippen LogP contribution < -0.4 is 0 Å². The standard InChI is InChI=1S/C17H16OS/c1-12-10-11-19-16(12)17(2,18)15-9-5-7-13-6-3-4-8-14(13)15/h3-11,18H,1-2H3. The lowest BCUT2D eigenvalue weighted by Gasteiger charge is -2.25. The molecule has 0 aliphatic rings. The fourth-order valence-corrected chi connectivity index (χ4v) is 3.65. The molecule has 1 aromatic heterocycles. The van der Waals surface area contributed by atoms with Crippen LogP contribution in [0.3, 0.4) is 0 Å². The Morgan fingerprint density at radius 3 is 2.47 bits per heavy atom. The zero-order valence-corrected chi connectivity index (χ0v) is 11.9. The first-order valence-corrected chi connectivity index (χ1v) is 7.24. The molecule has 96 valence electrons. The number of fused-ring (bicyclic) bond motifs is 1. The van der Waals surface area contributed by atoms with Crippen LogP contribution in [0, 0.1) is 6.92 Å².